The van der Waals surface area contributed by atoms with Crippen LogP contribution in [-0.2, 0) is 0 Å². The number of pyridine rings is 1. The SMILES string of the molecule is CCNC(c1ccc(C)nc1)c1cc(C)ccc1C. The fourth-order valence-electron chi connectivity index (χ4n) is 2.33. The predicted octanol–water partition coefficient (Wildman–Crippen LogP) is 3.71. The lowest BCUT2D eigenvalue weighted by Gasteiger charge is -2.21. The first kappa shape index (κ1) is 13.8. The summed E-state index contributed by atoms with van der Waals surface area (Å²) in [5, 5.41) is 3.56. The molecule has 0 aliphatic carbocycles. The van der Waals surface area contributed by atoms with Gasteiger partial charge in [0.2, 0.25) is 0 Å². The Morgan fingerprint density at radius 3 is 2.53 bits per heavy atom. The van der Waals surface area contributed by atoms with Crippen molar-refractivity contribution >= 4 is 0 Å². The molecule has 0 aliphatic heterocycles. The number of aryl methyl sites for hydroxylation is 3. The first-order valence-electron chi connectivity index (χ1n) is 6.85. The topological polar surface area (TPSA) is 24.9 Å². The highest BCUT2D eigenvalue weighted by molar-refractivity contribution is 5.38. The van der Waals surface area contributed by atoms with Crippen molar-refractivity contribution in [1.29, 1.82) is 0 Å². The molecule has 0 aliphatic rings. The normalized spacial score (nSPS) is 12.4. The highest BCUT2D eigenvalue weighted by Gasteiger charge is 2.15. The van der Waals surface area contributed by atoms with Gasteiger partial charge in [-0.1, -0.05) is 36.8 Å². The molecule has 0 saturated carbocycles. The van der Waals surface area contributed by atoms with Crippen LogP contribution in [0.15, 0.2) is 36.5 Å². The third-order valence-corrected chi connectivity index (χ3v) is 3.42. The molecular formula is C17H22N2. The van der Waals surface area contributed by atoms with E-state index in [0.29, 0.717) is 0 Å². The molecule has 100 valence electrons. The lowest BCUT2D eigenvalue weighted by molar-refractivity contribution is 0.625. The summed E-state index contributed by atoms with van der Waals surface area (Å²) in [6.07, 6.45) is 1.98. The molecule has 1 heterocycles. The van der Waals surface area contributed by atoms with Crippen molar-refractivity contribution in [2.75, 3.05) is 6.54 Å². The Hall–Kier alpha value is -1.67. The minimum Gasteiger partial charge on any atom is -0.306 e. The molecule has 2 heteroatoms. The van der Waals surface area contributed by atoms with E-state index in [2.05, 4.69) is 61.4 Å². The average Bonchev–Trinajstić information content (AvgIpc) is 2.40. The number of nitrogens with one attached hydrogen (secondary N) is 1. The second-order valence-corrected chi connectivity index (χ2v) is 5.08. The average molecular weight is 254 g/mol. The minimum atomic E-state index is 0.220. The minimum absolute atomic E-state index is 0.220. The van der Waals surface area contributed by atoms with Gasteiger partial charge in [-0.2, -0.15) is 0 Å². The Bertz CT molecular complexity index is 544. The van der Waals surface area contributed by atoms with Gasteiger partial charge in [0, 0.05) is 11.9 Å². The fourth-order valence-corrected chi connectivity index (χ4v) is 2.33. The number of rotatable bonds is 4. The Morgan fingerprint density at radius 2 is 1.89 bits per heavy atom. The van der Waals surface area contributed by atoms with Crippen LogP contribution >= 0.6 is 0 Å². The van der Waals surface area contributed by atoms with Crippen molar-refractivity contribution in [3.05, 3.63) is 64.5 Å². The van der Waals surface area contributed by atoms with E-state index in [1.54, 1.807) is 0 Å². The standard InChI is InChI=1S/C17H22N2/c1-5-18-17(15-9-8-14(4)19-11-15)16-10-12(2)6-7-13(16)3/h6-11,17-18H,5H2,1-4H3. The third-order valence-electron chi connectivity index (χ3n) is 3.42. The molecule has 2 nitrogen and oxygen atoms in total. The molecule has 0 radical (unpaired) electrons. The molecule has 1 unspecified atom stereocenters. The highest BCUT2D eigenvalue weighted by atomic mass is 14.9. The van der Waals surface area contributed by atoms with Gasteiger partial charge in [-0.15, -0.1) is 0 Å². The summed E-state index contributed by atoms with van der Waals surface area (Å²) in [5.74, 6) is 0. The molecule has 0 spiro atoms. The van der Waals surface area contributed by atoms with Crippen LogP contribution in [0.2, 0.25) is 0 Å². The number of hydrogen-bond acceptors (Lipinski definition) is 2. The van der Waals surface area contributed by atoms with E-state index in [1.807, 2.05) is 13.1 Å². The molecular weight excluding hydrogens is 232 g/mol. The highest BCUT2D eigenvalue weighted by Crippen LogP contribution is 2.25. The molecule has 19 heavy (non-hydrogen) atoms. The molecule has 1 N–H and O–H groups in total. The maximum Gasteiger partial charge on any atom is 0.0594 e. The Labute approximate surface area is 115 Å². The summed E-state index contributed by atoms with van der Waals surface area (Å²) in [4.78, 5) is 4.42. The number of hydrogen-bond donors (Lipinski definition) is 1. The molecule has 0 amide bonds. The largest absolute Gasteiger partial charge is 0.306 e. The second kappa shape index (κ2) is 5.98. The van der Waals surface area contributed by atoms with Gasteiger partial charge in [0.05, 0.1) is 6.04 Å². The lowest BCUT2D eigenvalue weighted by Crippen LogP contribution is -2.23. The van der Waals surface area contributed by atoms with Crippen LogP contribution in [0.3, 0.4) is 0 Å². The second-order valence-electron chi connectivity index (χ2n) is 5.08. The zero-order valence-electron chi connectivity index (χ0n) is 12.2. The van der Waals surface area contributed by atoms with E-state index in [9.17, 15) is 0 Å². The number of nitrogens with zero attached hydrogens (tertiary/aromatic N) is 1. The third kappa shape index (κ3) is 3.21. The van der Waals surface area contributed by atoms with Crippen LogP contribution in [0.4, 0.5) is 0 Å². The maximum atomic E-state index is 4.42. The van der Waals surface area contributed by atoms with E-state index >= 15 is 0 Å². The molecule has 1 aromatic heterocycles. The molecule has 1 aromatic carbocycles. The van der Waals surface area contributed by atoms with Crippen LogP contribution in [0.25, 0.3) is 0 Å². The van der Waals surface area contributed by atoms with Crippen LogP contribution in [0.5, 0.6) is 0 Å². The maximum absolute atomic E-state index is 4.42. The molecule has 2 aromatic rings. The molecule has 0 fully saturated rings. The monoisotopic (exact) mass is 254 g/mol. The van der Waals surface area contributed by atoms with E-state index in [4.69, 9.17) is 0 Å². The van der Waals surface area contributed by atoms with E-state index in [1.165, 1.54) is 22.3 Å². The van der Waals surface area contributed by atoms with Crippen molar-refractivity contribution in [3.63, 3.8) is 0 Å². The van der Waals surface area contributed by atoms with Gasteiger partial charge in [0.1, 0.15) is 0 Å². The predicted molar refractivity (Wildman–Crippen MR) is 80.4 cm³/mol. The van der Waals surface area contributed by atoms with E-state index < -0.39 is 0 Å². The van der Waals surface area contributed by atoms with Crippen LogP contribution in [0.1, 0.15) is 40.9 Å². The first-order chi connectivity index (χ1) is 9.11. The van der Waals surface area contributed by atoms with Crippen molar-refractivity contribution in [3.8, 4) is 0 Å². The summed E-state index contributed by atoms with van der Waals surface area (Å²) in [5.41, 5.74) is 6.23. The van der Waals surface area contributed by atoms with Gasteiger partial charge >= 0.3 is 0 Å². The quantitative estimate of drug-likeness (QED) is 0.899. The summed E-state index contributed by atoms with van der Waals surface area (Å²) in [6, 6.07) is 11.1. The van der Waals surface area contributed by atoms with Crippen LogP contribution < -0.4 is 5.32 Å². The Balaban J connectivity index is 2.44. The van der Waals surface area contributed by atoms with Crippen molar-refractivity contribution in [2.45, 2.75) is 33.7 Å². The van der Waals surface area contributed by atoms with Gasteiger partial charge in [-0.05, 0) is 50.1 Å². The lowest BCUT2D eigenvalue weighted by atomic mass is 9.94. The summed E-state index contributed by atoms with van der Waals surface area (Å²) in [7, 11) is 0. The zero-order valence-corrected chi connectivity index (χ0v) is 12.2. The van der Waals surface area contributed by atoms with Gasteiger partial charge in [0.25, 0.3) is 0 Å². The van der Waals surface area contributed by atoms with Crippen LogP contribution in [0, 0.1) is 20.8 Å². The van der Waals surface area contributed by atoms with Gasteiger partial charge in [-0.25, -0.2) is 0 Å². The fraction of sp³-hybridized carbons (Fsp3) is 0.353. The molecule has 0 bridgehead atoms. The van der Waals surface area contributed by atoms with E-state index in [0.717, 1.165) is 12.2 Å². The Kier molecular flexibility index (Phi) is 4.33. The van der Waals surface area contributed by atoms with Crippen molar-refractivity contribution in [1.82, 2.24) is 10.3 Å². The Morgan fingerprint density at radius 1 is 1.11 bits per heavy atom. The first-order valence-corrected chi connectivity index (χ1v) is 6.85. The molecule has 0 saturated heterocycles. The number of aromatic nitrogens is 1. The van der Waals surface area contributed by atoms with Gasteiger partial charge in [-0.3, -0.25) is 4.98 Å². The van der Waals surface area contributed by atoms with Crippen molar-refractivity contribution in [2.24, 2.45) is 0 Å². The van der Waals surface area contributed by atoms with E-state index in [-0.39, 0.29) is 6.04 Å². The zero-order chi connectivity index (χ0) is 13.8. The molecule has 1 atom stereocenters. The van der Waals surface area contributed by atoms with Crippen LogP contribution in [-0.4, -0.2) is 11.5 Å². The molecule has 2 rings (SSSR count). The summed E-state index contributed by atoms with van der Waals surface area (Å²) in [6.45, 7) is 9.40. The number of benzene rings is 1. The van der Waals surface area contributed by atoms with Gasteiger partial charge in [0.15, 0.2) is 0 Å². The smallest absolute Gasteiger partial charge is 0.0594 e. The van der Waals surface area contributed by atoms with Crippen molar-refractivity contribution < 1.29 is 0 Å². The van der Waals surface area contributed by atoms with Gasteiger partial charge < -0.3 is 5.32 Å². The summed E-state index contributed by atoms with van der Waals surface area (Å²) >= 11 is 0. The summed E-state index contributed by atoms with van der Waals surface area (Å²) < 4.78 is 0.